The highest BCUT2D eigenvalue weighted by Gasteiger charge is 2.22. The monoisotopic (exact) mass is 255 g/mol. The topological polar surface area (TPSA) is 29.9 Å². The van der Waals surface area contributed by atoms with Gasteiger partial charge in [-0.15, -0.1) is 0 Å². The first kappa shape index (κ1) is 13.6. The first-order valence-electron chi connectivity index (χ1n) is 6.91. The summed E-state index contributed by atoms with van der Waals surface area (Å²) in [5.41, 5.74) is 4.83. The summed E-state index contributed by atoms with van der Waals surface area (Å²) in [5, 5.41) is 0. The van der Waals surface area contributed by atoms with E-state index in [0.717, 1.165) is 0 Å². The van der Waals surface area contributed by atoms with Crippen LogP contribution in [0, 0.1) is 0 Å². The Morgan fingerprint density at radius 1 is 0.789 bits per heavy atom. The van der Waals surface area contributed by atoms with Crippen molar-refractivity contribution < 1.29 is 4.68 Å². The second kappa shape index (κ2) is 5.43. The van der Waals surface area contributed by atoms with Crippen molar-refractivity contribution >= 4 is 0 Å². The van der Waals surface area contributed by atoms with Gasteiger partial charge in [0.05, 0.1) is 0 Å². The lowest BCUT2D eigenvalue weighted by Gasteiger charge is -2.11. The molecule has 0 aliphatic rings. The van der Waals surface area contributed by atoms with Gasteiger partial charge in [-0.2, -0.15) is 0 Å². The highest BCUT2D eigenvalue weighted by molar-refractivity contribution is 5.63. The smallest absolute Gasteiger partial charge is 0.205 e. The van der Waals surface area contributed by atoms with Gasteiger partial charge in [0.25, 0.3) is 0 Å². The largest absolute Gasteiger partial charge is 0.214 e. The highest BCUT2D eigenvalue weighted by Crippen LogP contribution is 2.24. The predicted molar refractivity (Wildman–Crippen MR) is 80.4 cm³/mol. The van der Waals surface area contributed by atoms with Gasteiger partial charge < -0.3 is 0 Å². The molecule has 1 aromatic heterocycles. The molecule has 100 valence electrons. The van der Waals surface area contributed by atoms with Gasteiger partial charge in [-0.3, -0.25) is 0 Å². The molecular formula is C17H23N2+. The third-order valence-electron chi connectivity index (χ3n) is 3.45. The van der Waals surface area contributed by atoms with Crippen LogP contribution in [0.2, 0.25) is 0 Å². The third kappa shape index (κ3) is 2.78. The molecule has 0 amide bonds. The van der Waals surface area contributed by atoms with Gasteiger partial charge in [-0.25, -0.2) is 5.84 Å². The van der Waals surface area contributed by atoms with E-state index in [9.17, 15) is 0 Å². The van der Waals surface area contributed by atoms with Gasteiger partial charge >= 0.3 is 0 Å². The van der Waals surface area contributed by atoms with Crippen molar-refractivity contribution in [1.82, 2.24) is 0 Å². The zero-order valence-electron chi connectivity index (χ0n) is 12.2. The van der Waals surface area contributed by atoms with Gasteiger partial charge in [0.15, 0.2) is 0 Å². The van der Waals surface area contributed by atoms with E-state index >= 15 is 0 Å². The molecule has 0 aliphatic heterocycles. The van der Waals surface area contributed by atoms with Crippen LogP contribution in [0.5, 0.6) is 0 Å². The molecule has 0 atom stereocenters. The lowest BCUT2D eigenvalue weighted by atomic mass is 9.98. The average Bonchev–Trinajstić information content (AvgIpc) is 2.39. The molecule has 0 fully saturated rings. The molecule has 0 unspecified atom stereocenters. The van der Waals surface area contributed by atoms with Gasteiger partial charge in [0.1, 0.15) is 0 Å². The standard InChI is InChI=1S/C17H23N2/c1-12(2)16-10-15(14-8-6-5-7-9-14)11-17(13(3)4)19(16)18/h5-13H,18H2,1-4H3/q+1. The van der Waals surface area contributed by atoms with Gasteiger partial charge in [-0.1, -0.05) is 62.7 Å². The summed E-state index contributed by atoms with van der Waals surface area (Å²) in [6.45, 7) is 8.71. The number of pyridine rings is 1. The Balaban J connectivity index is 2.63. The molecule has 2 nitrogen and oxygen atoms in total. The zero-order valence-corrected chi connectivity index (χ0v) is 12.2. The summed E-state index contributed by atoms with van der Waals surface area (Å²) < 4.78 is 1.85. The SMILES string of the molecule is CC(C)c1cc(-c2ccccc2)cc(C(C)C)[n+]1N. The van der Waals surface area contributed by atoms with Crippen LogP contribution in [0.25, 0.3) is 11.1 Å². The van der Waals surface area contributed by atoms with Crippen molar-refractivity contribution in [2.45, 2.75) is 39.5 Å². The first-order valence-corrected chi connectivity index (χ1v) is 6.91. The van der Waals surface area contributed by atoms with Crippen molar-refractivity contribution in [2.75, 3.05) is 5.84 Å². The van der Waals surface area contributed by atoms with Crippen molar-refractivity contribution in [3.8, 4) is 11.1 Å². The summed E-state index contributed by atoms with van der Waals surface area (Å²) in [5.74, 6) is 7.07. The van der Waals surface area contributed by atoms with E-state index in [-0.39, 0.29) is 0 Å². The molecule has 19 heavy (non-hydrogen) atoms. The van der Waals surface area contributed by atoms with Crippen LogP contribution in [0.3, 0.4) is 0 Å². The summed E-state index contributed by atoms with van der Waals surface area (Å²) in [6, 6.07) is 14.9. The lowest BCUT2D eigenvalue weighted by molar-refractivity contribution is -0.657. The number of rotatable bonds is 3. The third-order valence-corrected chi connectivity index (χ3v) is 3.45. The second-order valence-electron chi connectivity index (χ2n) is 5.64. The van der Waals surface area contributed by atoms with E-state index in [1.165, 1.54) is 22.5 Å². The maximum atomic E-state index is 6.25. The van der Waals surface area contributed by atoms with Crippen molar-refractivity contribution in [2.24, 2.45) is 0 Å². The van der Waals surface area contributed by atoms with Gasteiger partial charge in [0, 0.05) is 24.0 Å². The molecular weight excluding hydrogens is 232 g/mol. The molecule has 0 saturated heterocycles. The molecule has 2 heteroatoms. The number of nitrogen functional groups attached to an aromatic ring is 1. The van der Waals surface area contributed by atoms with Crippen LogP contribution in [0.15, 0.2) is 42.5 Å². The molecule has 0 spiro atoms. The van der Waals surface area contributed by atoms with Crippen LogP contribution in [-0.4, -0.2) is 0 Å². The second-order valence-corrected chi connectivity index (χ2v) is 5.64. The first-order chi connectivity index (χ1) is 9.00. The minimum Gasteiger partial charge on any atom is -0.205 e. The minimum atomic E-state index is 0.408. The predicted octanol–water partition coefficient (Wildman–Crippen LogP) is 3.60. The van der Waals surface area contributed by atoms with E-state index in [2.05, 4.69) is 64.1 Å². The molecule has 2 N–H and O–H groups in total. The Morgan fingerprint density at radius 3 is 1.68 bits per heavy atom. The summed E-state index contributed by atoms with van der Waals surface area (Å²) >= 11 is 0. The number of benzene rings is 1. The Bertz CT molecular complexity index is 528. The van der Waals surface area contributed by atoms with Crippen LogP contribution >= 0.6 is 0 Å². The van der Waals surface area contributed by atoms with Crippen LogP contribution < -0.4 is 10.5 Å². The van der Waals surface area contributed by atoms with E-state index in [4.69, 9.17) is 5.84 Å². The number of aromatic nitrogens is 1. The Labute approximate surface area is 115 Å². The Hall–Kier alpha value is -1.83. The fourth-order valence-corrected chi connectivity index (χ4v) is 2.34. The molecule has 1 heterocycles. The number of hydrogen-bond donors (Lipinski definition) is 1. The average molecular weight is 255 g/mol. The fourth-order valence-electron chi connectivity index (χ4n) is 2.34. The Morgan fingerprint density at radius 2 is 1.26 bits per heavy atom. The molecule has 2 aromatic rings. The molecule has 0 bridgehead atoms. The fraction of sp³-hybridized carbons (Fsp3) is 0.353. The van der Waals surface area contributed by atoms with Crippen molar-refractivity contribution in [3.05, 3.63) is 53.9 Å². The Kier molecular flexibility index (Phi) is 3.89. The number of nitrogens with zero attached hydrogens (tertiary/aromatic N) is 1. The van der Waals surface area contributed by atoms with E-state index < -0.39 is 0 Å². The zero-order chi connectivity index (χ0) is 14.0. The molecule has 2 rings (SSSR count). The molecule has 0 radical (unpaired) electrons. The summed E-state index contributed by atoms with van der Waals surface area (Å²) in [7, 11) is 0. The molecule has 1 aromatic carbocycles. The lowest BCUT2D eigenvalue weighted by Crippen LogP contribution is -2.52. The van der Waals surface area contributed by atoms with Gasteiger partial charge in [-0.05, 0) is 11.1 Å². The van der Waals surface area contributed by atoms with Crippen molar-refractivity contribution in [3.63, 3.8) is 0 Å². The van der Waals surface area contributed by atoms with Crippen LogP contribution in [0.4, 0.5) is 0 Å². The van der Waals surface area contributed by atoms with E-state index in [1.54, 1.807) is 0 Å². The number of nitrogens with two attached hydrogens (primary N) is 1. The highest BCUT2D eigenvalue weighted by atomic mass is 15.3. The van der Waals surface area contributed by atoms with Gasteiger partial charge in [0.2, 0.25) is 11.4 Å². The molecule has 0 saturated carbocycles. The maximum absolute atomic E-state index is 6.25. The summed E-state index contributed by atoms with van der Waals surface area (Å²) in [6.07, 6.45) is 0. The van der Waals surface area contributed by atoms with Crippen LogP contribution in [-0.2, 0) is 0 Å². The van der Waals surface area contributed by atoms with Crippen LogP contribution in [0.1, 0.15) is 50.9 Å². The quantitative estimate of drug-likeness (QED) is 0.659. The van der Waals surface area contributed by atoms with E-state index in [1.807, 2.05) is 10.7 Å². The summed E-state index contributed by atoms with van der Waals surface area (Å²) in [4.78, 5) is 0. The molecule has 0 aliphatic carbocycles. The number of hydrogen-bond acceptors (Lipinski definition) is 1. The van der Waals surface area contributed by atoms with E-state index in [0.29, 0.717) is 11.8 Å². The maximum Gasteiger partial charge on any atom is 0.214 e. The van der Waals surface area contributed by atoms with Crippen molar-refractivity contribution in [1.29, 1.82) is 0 Å². The normalized spacial score (nSPS) is 11.3. The minimum absolute atomic E-state index is 0.408.